The molecule has 3 nitrogen and oxygen atoms in total. The molecule has 1 aliphatic rings. The van der Waals surface area contributed by atoms with Gasteiger partial charge in [-0.1, -0.05) is 0 Å². The van der Waals surface area contributed by atoms with E-state index in [9.17, 15) is 26.3 Å². The van der Waals surface area contributed by atoms with Crippen molar-refractivity contribution >= 4 is 5.69 Å². The van der Waals surface area contributed by atoms with E-state index in [1.165, 1.54) is 5.01 Å². The van der Waals surface area contributed by atoms with Gasteiger partial charge in [-0.2, -0.15) is 26.3 Å². The van der Waals surface area contributed by atoms with Crippen LogP contribution < -0.4 is 5.43 Å². The molecule has 0 atom stereocenters. The van der Waals surface area contributed by atoms with Crippen molar-refractivity contribution in [2.75, 3.05) is 31.7 Å². The molecule has 0 bridgehead atoms. The van der Waals surface area contributed by atoms with E-state index in [-0.39, 0.29) is 11.8 Å². The van der Waals surface area contributed by atoms with Gasteiger partial charge in [-0.05, 0) is 18.2 Å². The number of hydrogen-bond donors (Lipinski definition) is 1. The van der Waals surface area contributed by atoms with Crippen LogP contribution in [0.5, 0.6) is 0 Å². The number of anilines is 1. The number of ether oxygens (including phenoxy) is 1. The Morgan fingerprint density at radius 3 is 1.76 bits per heavy atom. The lowest BCUT2D eigenvalue weighted by Gasteiger charge is -2.28. The first-order valence-electron chi connectivity index (χ1n) is 6.05. The summed E-state index contributed by atoms with van der Waals surface area (Å²) in [4.78, 5) is 0. The molecule has 0 spiro atoms. The number of hydrazine groups is 1. The molecule has 1 fully saturated rings. The minimum atomic E-state index is -4.84. The summed E-state index contributed by atoms with van der Waals surface area (Å²) in [7, 11) is 0. The van der Waals surface area contributed by atoms with Gasteiger partial charge in [0, 0.05) is 13.1 Å². The summed E-state index contributed by atoms with van der Waals surface area (Å²) in [6, 6.07) is 1.42. The smallest absolute Gasteiger partial charge is 0.379 e. The highest BCUT2D eigenvalue weighted by Crippen LogP contribution is 2.37. The topological polar surface area (TPSA) is 24.5 Å². The van der Waals surface area contributed by atoms with Gasteiger partial charge in [-0.3, -0.25) is 0 Å². The molecule has 118 valence electrons. The molecule has 0 saturated carbocycles. The third kappa shape index (κ3) is 4.24. The van der Waals surface area contributed by atoms with Gasteiger partial charge in [0.15, 0.2) is 0 Å². The lowest BCUT2D eigenvalue weighted by molar-refractivity contribution is -0.143. The van der Waals surface area contributed by atoms with E-state index in [1.54, 1.807) is 0 Å². The van der Waals surface area contributed by atoms with Crippen LogP contribution in [-0.4, -0.2) is 31.3 Å². The Morgan fingerprint density at radius 2 is 1.33 bits per heavy atom. The summed E-state index contributed by atoms with van der Waals surface area (Å²) in [5, 5.41) is 1.51. The molecule has 9 heteroatoms. The standard InChI is InChI=1S/C12H12F6N2O/c13-11(14,15)8-5-9(12(16,17)18)7-10(6-8)19-20-1-3-21-4-2-20/h5-7,19H,1-4H2. The molecule has 0 aliphatic carbocycles. The molecule has 0 aromatic heterocycles. The monoisotopic (exact) mass is 314 g/mol. The summed E-state index contributed by atoms with van der Waals surface area (Å²) < 4.78 is 81.2. The molecule has 1 aliphatic heterocycles. The molecule has 1 aromatic carbocycles. The summed E-state index contributed by atoms with van der Waals surface area (Å²) in [6.45, 7) is 1.46. The Balaban J connectivity index is 2.31. The van der Waals surface area contributed by atoms with Crippen LogP contribution in [0.2, 0.25) is 0 Å². The molecule has 1 N–H and O–H groups in total. The van der Waals surface area contributed by atoms with E-state index < -0.39 is 23.5 Å². The van der Waals surface area contributed by atoms with E-state index >= 15 is 0 Å². The maximum absolute atomic E-state index is 12.7. The number of nitrogens with one attached hydrogen (secondary N) is 1. The van der Waals surface area contributed by atoms with E-state index in [4.69, 9.17) is 4.74 Å². The second-order valence-corrected chi connectivity index (χ2v) is 4.51. The number of hydrogen-bond acceptors (Lipinski definition) is 3. The predicted octanol–water partition coefficient (Wildman–Crippen LogP) is 3.38. The Morgan fingerprint density at radius 1 is 0.857 bits per heavy atom. The average molecular weight is 314 g/mol. The van der Waals surface area contributed by atoms with Crippen LogP contribution in [0.1, 0.15) is 11.1 Å². The predicted molar refractivity (Wildman–Crippen MR) is 62.5 cm³/mol. The lowest BCUT2D eigenvalue weighted by atomic mass is 10.1. The van der Waals surface area contributed by atoms with Crippen molar-refractivity contribution in [1.29, 1.82) is 0 Å². The molecular formula is C12H12F6N2O. The van der Waals surface area contributed by atoms with Crippen molar-refractivity contribution in [2.45, 2.75) is 12.4 Å². The number of alkyl halides is 6. The zero-order valence-electron chi connectivity index (χ0n) is 10.7. The number of rotatable bonds is 2. The lowest BCUT2D eigenvalue weighted by Crippen LogP contribution is -2.40. The molecule has 0 radical (unpaired) electrons. The number of morpholine rings is 1. The highest BCUT2D eigenvalue weighted by atomic mass is 19.4. The zero-order chi connectivity index (χ0) is 15.7. The van der Waals surface area contributed by atoms with Crippen molar-refractivity contribution < 1.29 is 31.1 Å². The Hall–Kier alpha value is -1.48. The highest BCUT2D eigenvalue weighted by molar-refractivity contribution is 5.49. The second kappa shape index (κ2) is 5.72. The normalized spacial score (nSPS) is 17.8. The minimum Gasteiger partial charge on any atom is -0.379 e. The fourth-order valence-electron chi connectivity index (χ4n) is 1.88. The van der Waals surface area contributed by atoms with Gasteiger partial charge in [0.1, 0.15) is 0 Å². The number of halogens is 6. The van der Waals surface area contributed by atoms with Crippen LogP contribution in [0.3, 0.4) is 0 Å². The molecule has 0 amide bonds. The quantitative estimate of drug-likeness (QED) is 0.847. The van der Waals surface area contributed by atoms with Crippen molar-refractivity contribution in [2.24, 2.45) is 0 Å². The van der Waals surface area contributed by atoms with Gasteiger partial charge >= 0.3 is 12.4 Å². The molecule has 21 heavy (non-hydrogen) atoms. The Bertz CT molecular complexity index is 461. The first-order chi connectivity index (χ1) is 9.66. The van der Waals surface area contributed by atoms with E-state index in [2.05, 4.69) is 5.43 Å². The summed E-state index contributed by atoms with van der Waals surface area (Å²) in [6.07, 6.45) is -9.69. The van der Waals surface area contributed by atoms with Gasteiger partial charge in [-0.15, -0.1) is 0 Å². The van der Waals surface area contributed by atoms with Crippen LogP contribution in [-0.2, 0) is 17.1 Å². The molecule has 1 heterocycles. The van der Waals surface area contributed by atoms with Crippen LogP contribution >= 0.6 is 0 Å². The van der Waals surface area contributed by atoms with Crippen molar-refractivity contribution in [1.82, 2.24) is 5.01 Å². The van der Waals surface area contributed by atoms with E-state index in [1.807, 2.05) is 0 Å². The van der Waals surface area contributed by atoms with Crippen LogP contribution in [0.4, 0.5) is 32.0 Å². The third-order valence-corrected chi connectivity index (χ3v) is 2.89. The number of nitrogens with zero attached hydrogens (tertiary/aromatic N) is 1. The van der Waals surface area contributed by atoms with Crippen LogP contribution in [0, 0.1) is 0 Å². The summed E-state index contributed by atoms with van der Waals surface area (Å²) in [5.41, 5.74) is -0.371. The SMILES string of the molecule is FC(F)(F)c1cc(NN2CCOCC2)cc(C(F)(F)F)c1. The maximum Gasteiger partial charge on any atom is 0.416 e. The molecule has 1 saturated heterocycles. The Labute approximate surface area is 116 Å². The summed E-state index contributed by atoms with van der Waals surface area (Å²) >= 11 is 0. The van der Waals surface area contributed by atoms with Gasteiger partial charge in [0.2, 0.25) is 0 Å². The number of benzene rings is 1. The van der Waals surface area contributed by atoms with Gasteiger partial charge < -0.3 is 10.2 Å². The molecule has 0 unspecified atom stereocenters. The highest BCUT2D eigenvalue weighted by Gasteiger charge is 2.37. The van der Waals surface area contributed by atoms with Crippen LogP contribution in [0.15, 0.2) is 18.2 Å². The first-order valence-corrected chi connectivity index (χ1v) is 6.05. The Kier molecular flexibility index (Phi) is 4.33. The molecule has 1 aromatic rings. The maximum atomic E-state index is 12.7. The largest absolute Gasteiger partial charge is 0.416 e. The van der Waals surface area contributed by atoms with Crippen molar-refractivity contribution in [3.05, 3.63) is 29.3 Å². The third-order valence-electron chi connectivity index (χ3n) is 2.89. The minimum absolute atomic E-state index is 0.102. The second-order valence-electron chi connectivity index (χ2n) is 4.51. The van der Waals surface area contributed by atoms with Gasteiger partial charge in [-0.25, -0.2) is 5.01 Å². The average Bonchev–Trinajstić information content (AvgIpc) is 2.37. The zero-order valence-corrected chi connectivity index (χ0v) is 10.7. The van der Waals surface area contributed by atoms with E-state index in [0.717, 1.165) is 0 Å². The van der Waals surface area contributed by atoms with Crippen molar-refractivity contribution in [3.8, 4) is 0 Å². The fourth-order valence-corrected chi connectivity index (χ4v) is 1.88. The molecular weight excluding hydrogens is 302 g/mol. The van der Waals surface area contributed by atoms with Gasteiger partial charge in [0.05, 0.1) is 30.0 Å². The summed E-state index contributed by atoms with van der Waals surface area (Å²) in [5.74, 6) is 0. The van der Waals surface area contributed by atoms with Crippen molar-refractivity contribution in [3.63, 3.8) is 0 Å². The fraction of sp³-hybridized carbons (Fsp3) is 0.500. The van der Waals surface area contributed by atoms with E-state index in [0.29, 0.717) is 38.4 Å². The molecule has 2 rings (SSSR count). The first kappa shape index (κ1) is 15.9. The van der Waals surface area contributed by atoms with Gasteiger partial charge in [0.25, 0.3) is 0 Å². The van der Waals surface area contributed by atoms with Crippen LogP contribution in [0.25, 0.3) is 0 Å².